The van der Waals surface area contributed by atoms with Gasteiger partial charge in [0, 0.05) is 17.1 Å². The minimum absolute atomic E-state index is 0. The van der Waals surface area contributed by atoms with Gasteiger partial charge in [0.1, 0.15) is 0 Å². The van der Waals surface area contributed by atoms with Crippen LogP contribution in [-0.4, -0.2) is 12.5 Å². The van der Waals surface area contributed by atoms with Crippen molar-refractivity contribution in [3.63, 3.8) is 0 Å². The van der Waals surface area contributed by atoms with Gasteiger partial charge < -0.3 is 4.79 Å². The van der Waals surface area contributed by atoms with Crippen molar-refractivity contribution >= 4 is 6.29 Å². The Morgan fingerprint density at radius 1 is 0.706 bits per heavy atom. The summed E-state index contributed by atoms with van der Waals surface area (Å²) in [6.07, 6.45) is -4.91. The molecule has 0 aromatic heterocycles. The molecule has 0 heterocycles. The van der Waals surface area contributed by atoms with E-state index in [1.165, 1.54) is 0 Å². The third-order valence-electron chi connectivity index (χ3n) is 0.116. The van der Waals surface area contributed by atoms with Crippen LogP contribution in [0.25, 0.3) is 0 Å². The van der Waals surface area contributed by atoms with Gasteiger partial charge >= 0.3 is 56.5 Å². The fourth-order valence-electron chi connectivity index (χ4n) is 0. The molecule has 0 fully saturated rings. The zero-order valence-electron chi connectivity index (χ0n) is 7.46. The van der Waals surface area contributed by atoms with E-state index in [0.29, 0.717) is 0 Å². The summed E-state index contributed by atoms with van der Waals surface area (Å²) in [5.41, 5.74) is 0. The average molecular weight is 292 g/mol. The van der Waals surface area contributed by atoms with Gasteiger partial charge in [0.05, 0.1) is 0 Å². The number of carbonyl (C=O) groups excluding carboxylic acids is 1. The van der Waals surface area contributed by atoms with Crippen molar-refractivity contribution in [3.05, 3.63) is 33.3 Å². The molecule has 0 rings (SSSR count). The largest absolute Gasteiger partial charge is 0 e. The minimum atomic E-state index is -4.76. The van der Waals surface area contributed by atoms with E-state index in [-0.39, 0.29) is 23.4 Å². The van der Waals surface area contributed by atoms with Crippen LogP contribution in [0.15, 0.2) is 0 Å². The normalized spacial score (nSPS) is 4.53. The molecule has 0 unspecified atom stereocenters. The van der Waals surface area contributed by atoms with E-state index in [0.717, 1.165) is 0 Å². The van der Waals surface area contributed by atoms with E-state index in [1.807, 2.05) is 0 Å². The Kier molecular flexibility index (Phi) is 225. The summed E-state index contributed by atoms with van der Waals surface area (Å²) in [5, 5.41) is 0. The monoisotopic (exact) mass is 292 g/mol. The van der Waals surface area contributed by atoms with Crippen LogP contribution >= 0.6 is 0 Å². The van der Waals surface area contributed by atoms with Crippen molar-refractivity contribution in [1.29, 1.82) is 0 Å². The zero-order chi connectivity index (χ0) is 15.2. The zero-order valence-corrected chi connectivity index (χ0v) is 8.64. The van der Waals surface area contributed by atoms with E-state index >= 15 is 0 Å². The van der Waals surface area contributed by atoms with E-state index in [4.69, 9.17) is 28.1 Å². The van der Waals surface area contributed by atoms with Gasteiger partial charge in [-0.1, -0.05) is 0 Å². The van der Waals surface area contributed by atoms with E-state index < -0.39 is 6.18 Å². The molecule has 1 radical (unpaired) electrons. The molecule has 0 saturated carbocycles. The van der Waals surface area contributed by atoms with Crippen LogP contribution in [0.5, 0.6) is 0 Å². The quantitative estimate of drug-likeness (QED) is 0.360. The van der Waals surface area contributed by atoms with Crippen molar-refractivity contribution in [1.82, 2.24) is 0 Å². The van der Waals surface area contributed by atoms with Gasteiger partial charge in [-0.15, -0.1) is 0 Å². The summed E-state index contributed by atoms with van der Waals surface area (Å²) in [7, 11) is 0. The van der Waals surface area contributed by atoms with Crippen LogP contribution in [0.3, 0.4) is 0 Å². The summed E-state index contributed by atoms with van der Waals surface area (Å²) in [4.78, 5) is 8.58. The maximum Gasteiger partial charge on any atom is 0 e. The van der Waals surface area contributed by atoms with Crippen LogP contribution in [0.4, 0.5) is 13.2 Å². The first-order chi connectivity index (χ1) is 7.56. The molecule has 0 amide bonds. The maximum absolute atomic E-state index is 10.4. The summed E-state index contributed by atoms with van der Waals surface area (Å²) >= 11 is 0. The van der Waals surface area contributed by atoms with E-state index in [1.54, 1.807) is 0 Å². The van der Waals surface area contributed by atoms with Crippen LogP contribution in [0, 0.1) is 33.3 Å². The SMILES string of the molecule is O=[C-]C(F)(F)F.[C-]#[O+].[C-]#[O+].[C-]#[O+].[C-]#[O+].[C-]#[O+].[Mn]. The smallest absolute Gasteiger partial charge is 0 e. The van der Waals surface area contributed by atoms with Gasteiger partial charge in [-0.3, -0.25) is 0 Å². The summed E-state index contributed by atoms with van der Waals surface area (Å²) in [6, 6.07) is 0. The molecule has 93 valence electrons. The number of hydrogen-bond donors (Lipinski definition) is 0. The second kappa shape index (κ2) is 85.2. The molecule has 6 nitrogen and oxygen atoms in total. The second-order valence-corrected chi connectivity index (χ2v) is 0.600. The third kappa shape index (κ3) is 837. The van der Waals surface area contributed by atoms with Crippen LogP contribution in [-0.2, 0) is 45.1 Å². The topological polar surface area (TPSA) is 117 Å². The molecular formula is C7F3MnO6-. The fraction of sp³-hybridized carbons (Fsp3) is 0.143. The standard InChI is InChI=1S/C2F3O.5CO.Mn/c3-2(4,5)1-6;5*1-2;/q-1;;;;;;. The molecule has 0 N–H and O–H groups in total. The van der Waals surface area contributed by atoms with Gasteiger partial charge in [0.25, 0.3) is 6.18 Å². The predicted octanol–water partition coefficient (Wildman–Crippen LogP) is 0.468. The molecule has 0 aliphatic carbocycles. The molecule has 10 heteroatoms. The molecular weight excluding hydrogens is 292 g/mol. The average Bonchev–Trinajstić information content (AvgIpc) is 2.40. The van der Waals surface area contributed by atoms with Crippen molar-refractivity contribution < 1.29 is 58.3 Å². The van der Waals surface area contributed by atoms with Crippen LogP contribution in [0.1, 0.15) is 0 Å². The van der Waals surface area contributed by atoms with Crippen molar-refractivity contribution in [2.45, 2.75) is 6.18 Å². The maximum atomic E-state index is 10.4. The summed E-state index contributed by atoms with van der Waals surface area (Å²) < 4.78 is 68.6. The summed E-state index contributed by atoms with van der Waals surface area (Å²) in [6.45, 7) is 22.5. The van der Waals surface area contributed by atoms with Crippen LogP contribution in [0.2, 0.25) is 0 Å². The van der Waals surface area contributed by atoms with E-state index in [2.05, 4.69) is 33.3 Å². The Morgan fingerprint density at radius 2 is 0.765 bits per heavy atom. The van der Waals surface area contributed by atoms with Gasteiger partial charge in [0.15, 0.2) is 0 Å². The Bertz CT molecular complexity index is 180. The minimum Gasteiger partial charge on any atom is 0 e. The molecule has 0 aromatic rings. The second-order valence-electron chi connectivity index (χ2n) is 0.600. The number of hydrogen-bond acceptors (Lipinski definition) is 1. The van der Waals surface area contributed by atoms with Gasteiger partial charge in [-0.2, -0.15) is 6.29 Å². The first-order valence-electron chi connectivity index (χ1n) is 2.04. The Balaban J connectivity index is -0.0000000158. The molecule has 0 aliphatic rings. The molecule has 0 bridgehead atoms. The summed E-state index contributed by atoms with van der Waals surface area (Å²) in [5.74, 6) is 0. The van der Waals surface area contributed by atoms with Gasteiger partial charge in [-0.05, 0) is 0 Å². The molecule has 0 aliphatic heterocycles. The molecule has 0 atom stereocenters. The first kappa shape index (κ1) is 44.9. The van der Waals surface area contributed by atoms with Crippen LogP contribution < -0.4 is 0 Å². The van der Waals surface area contributed by atoms with E-state index in [9.17, 15) is 13.2 Å². The van der Waals surface area contributed by atoms with Gasteiger partial charge in [-0.25, -0.2) is 13.2 Å². The Morgan fingerprint density at radius 3 is 0.765 bits per heavy atom. The number of halogens is 3. The fourth-order valence-corrected chi connectivity index (χ4v) is 0. The number of alkyl halides is 3. The predicted molar refractivity (Wildman–Crippen MR) is 31.4 cm³/mol. The van der Waals surface area contributed by atoms with Crippen molar-refractivity contribution in [2.24, 2.45) is 0 Å². The van der Waals surface area contributed by atoms with Gasteiger partial charge in [0.2, 0.25) is 0 Å². The molecule has 0 aromatic carbocycles. The third-order valence-corrected chi connectivity index (χ3v) is 0.116. The first-order valence-corrected chi connectivity index (χ1v) is 2.04. The Hall–Kier alpha value is -1.32. The molecule has 0 saturated heterocycles. The number of rotatable bonds is 0. The van der Waals surface area contributed by atoms with Crippen molar-refractivity contribution in [3.8, 4) is 0 Å². The molecule has 0 spiro atoms. The Labute approximate surface area is 105 Å². The van der Waals surface area contributed by atoms with Crippen molar-refractivity contribution in [2.75, 3.05) is 0 Å². The molecule has 17 heavy (non-hydrogen) atoms.